The van der Waals surface area contributed by atoms with Crippen LogP contribution in [0.25, 0.3) is 6.08 Å². The van der Waals surface area contributed by atoms with Gasteiger partial charge in [-0.25, -0.2) is 8.42 Å². The van der Waals surface area contributed by atoms with Crippen LogP contribution >= 0.6 is 0 Å². The first-order valence-corrected chi connectivity index (χ1v) is 7.67. The van der Waals surface area contributed by atoms with Crippen molar-refractivity contribution >= 4 is 21.6 Å². The summed E-state index contributed by atoms with van der Waals surface area (Å²) in [6.45, 7) is 1.88. The fourth-order valence-corrected chi connectivity index (χ4v) is 2.69. The fraction of sp³-hybridized carbons (Fsp3) is 0.0667. The minimum atomic E-state index is -3.52. The first-order chi connectivity index (χ1) is 9.88. The third kappa shape index (κ3) is 3.76. The zero-order valence-corrected chi connectivity index (χ0v) is 12.1. The molecule has 21 heavy (non-hydrogen) atoms. The molecule has 2 rings (SSSR count). The Hall–Kier alpha value is -2.47. The van der Waals surface area contributed by atoms with Gasteiger partial charge >= 0.3 is 0 Å². The maximum atomic E-state index is 12.1. The molecule has 0 amide bonds. The van der Waals surface area contributed by atoms with E-state index in [0.717, 1.165) is 11.0 Å². The molecule has 0 atom stereocenters. The van der Waals surface area contributed by atoms with Crippen molar-refractivity contribution in [2.45, 2.75) is 11.8 Å². The molecule has 108 valence electrons. The largest absolute Gasteiger partial charge is 0.269 e. The van der Waals surface area contributed by atoms with E-state index >= 15 is 0 Å². The topological polar surface area (TPSA) is 77.3 Å². The maximum Gasteiger partial charge on any atom is 0.269 e. The number of non-ortho nitro benzene ring substituents is 1. The van der Waals surface area contributed by atoms with Crippen molar-refractivity contribution in [2.24, 2.45) is 0 Å². The lowest BCUT2D eigenvalue weighted by molar-refractivity contribution is -0.384. The number of nitrogens with zero attached hydrogens (tertiary/aromatic N) is 1. The molecule has 0 bridgehead atoms. The monoisotopic (exact) mass is 303 g/mol. The van der Waals surface area contributed by atoms with Crippen molar-refractivity contribution in [1.29, 1.82) is 0 Å². The summed E-state index contributed by atoms with van der Waals surface area (Å²) in [5, 5.41) is 11.6. The van der Waals surface area contributed by atoms with Gasteiger partial charge in [-0.15, -0.1) is 0 Å². The summed E-state index contributed by atoms with van der Waals surface area (Å²) in [5.74, 6) is 0. The Bertz CT molecular complexity index is 775. The molecule has 0 fully saturated rings. The molecule has 0 aliphatic heterocycles. The van der Waals surface area contributed by atoms with Crippen LogP contribution in [0, 0.1) is 17.0 Å². The van der Waals surface area contributed by atoms with Crippen LogP contribution in [0.15, 0.2) is 58.8 Å². The van der Waals surface area contributed by atoms with E-state index in [-0.39, 0.29) is 10.6 Å². The standard InChI is InChI=1S/C15H13NO4S/c1-12-2-8-15(9-3-12)21(19,20)11-10-13-4-6-14(7-5-13)16(17)18/h2-11H,1H3. The molecule has 5 nitrogen and oxygen atoms in total. The van der Waals surface area contributed by atoms with Gasteiger partial charge in [0.25, 0.3) is 5.69 Å². The molecule has 0 saturated heterocycles. The average molecular weight is 303 g/mol. The number of nitro groups is 1. The highest BCUT2D eigenvalue weighted by Gasteiger charge is 2.09. The zero-order valence-electron chi connectivity index (χ0n) is 11.3. The first-order valence-electron chi connectivity index (χ1n) is 6.13. The maximum absolute atomic E-state index is 12.1. The summed E-state index contributed by atoms with van der Waals surface area (Å²) in [5.41, 5.74) is 1.53. The third-order valence-corrected chi connectivity index (χ3v) is 4.32. The minimum absolute atomic E-state index is 0.0338. The van der Waals surface area contributed by atoms with Crippen LogP contribution < -0.4 is 0 Å². The van der Waals surface area contributed by atoms with Gasteiger partial charge in [0.1, 0.15) is 0 Å². The fourth-order valence-electron chi connectivity index (χ4n) is 1.68. The van der Waals surface area contributed by atoms with Gasteiger partial charge < -0.3 is 0 Å². The molecule has 0 spiro atoms. The summed E-state index contributed by atoms with van der Waals surface area (Å²) in [6.07, 6.45) is 1.42. The van der Waals surface area contributed by atoms with E-state index in [2.05, 4.69) is 0 Å². The van der Waals surface area contributed by atoms with Gasteiger partial charge in [0.15, 0.2) is 9.84 Å². The molecule has 6 heteroatoms. The molecular formula is C15H13NO4S. The quantitative estimate of drug-likeness (QED) is 0.641. The Morgan fingerprint density at radius 2 is 1.57 bits per heavy atom. The van der Waals surface area contributed by atoms with Gasteiger partial charge in [-0.2, -0.15) is 0 Å². The zero-order chi connectivity index (χ0) is 15.5. The molecule has 0 heterocycles. The lowest BCUT2D eigenvalue weighted by Crippen LogP contribution is -1.95. The smallest absolute Gasteiger partial charge is 0.258 e. The van der Waals surface area contributed by atoms with Crippen LogP contribution in [0.3, 0.4) is 0 Å². The Kier molecular flexibility index (Phi) is 4.18. The van der Waals surface area contributed by atoms with Gasteiger partial charge in [0.05, 0.1) is 9.82 Å². The van der Waals surface area contributed by atoms with Gasteiger partial charge in [0, 0.05) is 17.5 Å². The molecule has 0 saturated carbocycles. The van der Waals surface area contributed by atoms with E-state index in [1.165, 1.54) is 30.3 Å². The Balaban J connectivity index is 2.23. The molecular weight excluding hydrogens is 290 g/mol. The van der Waals surface area contributed by atoms with Crippen molar-refractivity contribution in [2.75, 3.05) is 0 Å². The predicted octanol–water partition coefficient (Wildman–Crippen LogP) is 3.35. The van der Waals surface area contributed by atoms with Crippen molar-refractivity contribution in [1.82, 2.24) is 0 Å². The van der Waals surface area contributed by atoms with Gasteiger partial charge in [-0.05, 0) is 42.8 Å². The third-order valence-electron chi connectivity index (χ3n) is 2.89. The molecule has 2 aromatic carbocycles. The normalized spacial score (nSPS) is 11.7. The number of benzene rings is 2. The highest BCUT2D eigenvalue weighted by molar-refractivity contribution is 7.94. The van der Waals surface area contributed by atoms with E-state index in [1.807, 2.05) is 6.92 Å². The minimum Gasteiger partial charge on any atom is -0.258 e. The number of nitro benzene ring substituents is 1. The molecule has 0 aliphatic carbocycles. The number of sulfone groups is 1. The Morgan fingerprint density at radius 1 is 1.00 bits per heavy atom. The van der Waals surface area contributed by atoms with Crippen LogP contribution in [0.2, 0.25) is 0 Å². The van der Waals surface area contributed by atoms with Crippen molar-refractivity contribution < 1.29 is 13.3 Å². The summed E-state index contributed by atoms with van der Waals surface area (Å²) < 4.78 is 24.2. The van der Waals surface area contributed by atoms with E-state index in [0.29, 0.717) is 5.56 Å². The summed E-state index contributed by atoms with van der Waals surface area (Å²) in [4.78, 5) is 10.2. The average Bonchev–Trinajstić information content (AvgIpc) is 2.46. The highest BCUT2D eigenvalue weighted by atomic mass is 32.2. The number of hydrogen-bond donors (Lipinski definition) is 0. The molecule has 0 aromatic heterocycles. The van der Waals surface area contributed by atoms with Gasteiger partial charge in [0.2, 0.25) is 0 Å². The molecule has 0 N–H and O–H groups in total. The van der Waals surface area contributed by atoms with Crippen molar-refractivity contribution in [3.8, 4) is 0 Å². The lowest BCUT2D eigenvalue weighted by atomic mass is 10.2. The van der Waals surface area contributed by atoms with Crippen LogP contribution in [-0.2, 0) is 9.84 Å². The predicted molar refractivity (Wildman–Crippen MR) is 80.5 cm³/mol. The summed E-state index contributed by atoms with van der Waals surface area (Å²) in [6, 6.07) is 12.2. The van der Waals surface area contributed by atoms with Crippen LogP contribution in [0.1, 0.15) is 11.1 Å². The number of hydrogen-bond acceptors (Lipinski definition) is 4. The van der Waals surface area contributed by atoms with Crippen molar-refractivity contribution in [3.63, 3.8) is 0 Å². The molecule has 0 radical (unpaired) electrons. The van der Waals surface area contributed by atoms with E-state index in [9.17, 15) is 18.5 Å². The first kappa shape index (κ1) is 14.9. The summed E-state index contributed by atoms with van der Waals surface area (Å²) >= 11 is 0. The van der Waals surface area contributed by atoms with Crippen LogP contribution in [0.4, 0.5) is 5.69 Å². The van der Waals surface area contributed by atoms with Crippen LogP contribution in [-0.4, -0.2) is 13.3 Å². The number of rotatable bonds is 4. The lowest BCUT2D eigenvalue weighted by Gasteiger charge is -2.00. The van der Waals surface area contributed by atoms with Gasteiger partial charge in [-0.1, -0.05) is 17.7 Å². The van der Waals surface area contributed by atoms with E-state index in [1.54, 1.807) is 24.3 Å². The Morgan fingerprint density at radius 3 is 2.10 bits per heavy atom. The summed E-state index contributed by atoms with van der Waals surface area (Å²) in [7, 11) is -3.52. The SMILES string of the molecule is Cc1ccc(S(=O)(=O)C=Cc2ccc([N+](=O)[O-])cc2)cc1. The second-order valence-electron chi connectivity index (χ2n) is 4.51. The van der Waals surface area contributed by atoms with E-state index < -0.39 is 14.8 Å². The van der Waals surface area contributed by atoms with Crippen molar-refractivity contribution in [3.05, 3.63) is 75.2 Å². The van der Waals surface area contributed by atoms with Crippen LogP contribution in [0.5, 0.6) is 0 Å². The second kappa shape index (κ2) is 5.88. The van der Waals surface area contributed by atoms with E-state index in [4.69, 9.17) is 0 Å². The second-order valence-corrected chi connectivity index (χ2v) is 6.34. The number of aryl methyl sites for hydroxylation is 1. The molecule has 0 unspecified atom stereocenters. The molecule has 0 aliphatic rings. The Labute approximate surface area is 122 Å². The highest BCUT2D eigenvalue weighted by Crippen LogP contribution is 2.16. The molecule has 2 aromatic rings. The van der Waals surface area contributed by atoms with Gasteiger partial charge in [-0.3, -0.25) is 10.1 Å².